The van der Waals surface area contributed by atoms with Crippen molar-refractivity contribution in [2.75, 3.05) is 0 Å². The predicted molar refractivity (Wildman–Crippen MR) is 63.2 cm³/mol. The van der Waals surface area contributed by atoms with Crippen molar-refractivity contribution in [2.24, 2.45) is 23.7 Å². The quantitative estimate of drug-likeness (QED) is 0.717. The number of hydrogen-bond donors (Lipinski definition) is 0. The van der Waals surface area contributed by atoms with Crippen LogP contribution in [0, 0.1) is 30.1 Å². The summed E-state index contributed by atoms with van der Waals surface area (Å²) in [7, 11) is 0. The first-order valence-electron chi connectivity index (χ1n) is 6.71. The van der Waals surface area contributed by atoms with E-state index in [-0.39, 0.29) is 41.7 Å². The molecule has 5 unspecified atom stereocenters. The Morgan fingerprint density at radius 3 is 2.94 bits per heavy atom. The van der Waals surface area contributed by atoms with Gasteiger partial charge in [0.25, 0.3) is 0 Å². The van der Waals surface area contributed by atoms with E-state index >= 15 is 0 Å². The summed E-state index contributed by atoms with van der Waals surface area (Å²) in [5, 5.41) is 0. The average molecular weight is 251 g/mol. The zero-order chi connectivity index (χ0) is 13.1. The van der Waals surface area contributed by atoms with Gasteiger partial charge in [0.1, 0.15) is 11.7 Å². The Morgan fingerprint density at radius 2 is 2.28 bits per heavy atom. The topological polar surface area (TPSA) is 52.6 Å². The Bertz CT molecular complexity index is 399. The Kier molecular flexibility index (Phi) is 2.48. The molecule has 5 atom stereocenters. The molecular formula is C14H19O4. The maximum atomic E-state index is 12.3. The van der Waals surface area contributed by atoms with Crippen LogP contribution in [0.25, 0.3) is 0 Å². The molecule has 18 heavy (non-hydrogen) atoms. The number of ether oxygens (including phenoxy) is 2. The van der Waals surface area contributed by atoms with Gasteiger partial charge in [0.15, 0.2) is 0 Å². The van der Waals surface area contributed by atoms with Gasteiger partial charge < -0.3 is 9.47 Å². The minimum absolute atomic E-state index is 0.0456. The Labute approximate surface area is 107 Å². The van der Waals surface area contributed by atoms with Gasteiger partial charge in [-0.05, 0) is 32.6 Å². The Balaban J connectivity index is 1.77. The standard InChI is InChI=1S/C14H19O4/c1-4-14(2,3)18-13(16)10-7-5-8-9(6-7)17-12(15)11(8)10/h6-11H,4-5H2,1-3H3. The van der Waals surface area contributed by atoms with Crippen LogP contribution in [0.4, 0.5) is 0 Å². The van der Waals surface area contributed by atoms with Gasteiger partial charge in [0.05, 0.1) is 11.8 Å². The van der Waals surface area contributed by atoms with E-state index in [9.17, 15) is 9.59 Å². The molecule has 0 aromatic carbocycles. The molecule has 0 spiro atoms. The second-order valence-electron chi connectivity index (χ2n) is 6.24. The molecule has 1 heterocycles. The van der Waals surface area contributed by atoms with Gasteiger partial charge in [0, 0.05) is 12.3 Å². The van der Waals surface area contributed by atoms with Crippen LogP contribution < -0.4 is 0 Å². The fourth-order valence-electron chi connectivity index (χ4n) is 3.46. The lowest BCUT2D eigenvalue weighted by molar-refractivity contribution is -0.166. The van der Waals surface area contributed by atoms with Crippen LogP contribution in [0.3, 0.4) is 0 Å². The molecule has 2 saturated carbocycles. The fourth-order valence-corrected chi connectivity index (χ4v) is 3.46. The molecule has 1 aliphatic heterocycles. The molecule has 3 rings (SSSR count). The number of esters is 2. The van der Waals surface area contributed by atoms with Crippen LogP contribution in [0.1, 0.15) is 33.6 Å². The van der Waals surface area contributed by atoms with Gasteiger partial charge in [-0.1, -0.05) is 6.92 Å². The summed E-state index contributed by atoms with van der Waals surface area (Å²) in [5.41, 5.74) is -0.458. The highest BCUT2D eigenvalue weighted by Gasteiger charge is 2.64. The third kappa shape index (κ3) is 1.57. The molecule has 1 radical (unpaired) electrons. The minimum atomic E-state index is -0.458. The van der Waals surface area contributed by atoms with Crippen LogP contribution in [0.2, 0.25) is 0 Å². The molecule has 2 bridgehead atoms. The molecule has 2 aliphatic carbocycles. The van der Waals surface area contributed by atoms with E-state index < -0.39 is 5.60 Å². The van der Waals surface area contributed by atoms with Crippen molar-refractivity contribution in [3.63, 3.8) is 0 Å². The molecule has 0 N–H and O–H groups in total. The maximum Gasteiger partial charge on any atom is 0.310 e. The third-order valence-electron chi connectivity index (χ3n) is 4.74. The smallest absolute Gasteiger partial charge is 0.310 e. The van der Waals surface area contributed by atoms with E-state index in [1.165, 1.54) is 0 Å². The summed E-state index contributed by atoms with van der Waals surface area (Å²) < 4.78 is 10.8. The number of fused-ring (bicyclic) bond motifs is 1. The summed E-state index contributed by atoms with van der Waals surface area (Å²) in [6.45, 7) is 5.79. The molecule has 0 aromatic heterocycles. The molecular weight excluding hydrogens is 232 g/mol. The van der Waals surface area contributed by atoms with E-state index in [1.807, 2.05) is 27.2 Å². The molecule has 4 heteroatoms. The van der Waals surface area contributed by atoms with Gasteiger partial charge in [-0.15, -0.1) is 0 Å². The molecule has 0 amide bonds. The lowest BCUT2D eigenvalue weighted by Crippen LogP contribution is -2.38. The molecule has 1 saturated heterocycles. The van der Waals surface area contributed by atoms with Gasteiger partial charge in [-0.25, -0.2) is 0 Å². The third-order valence-corrected chi connectivity index (χ3v) is 4.74. The van der Waals surface area contributed by atoms with E-state index in [0.717, 1.165) is 12.8 Å². The second kappa shape index (κ2) is 3.72. The molecule has 99 valence electrons. The molecule has 3 aliphatic rings. The first kappa shape index (κ1) is 12.0. The van der Waals surface area contributed by atoms with Gasteiger partial charge in [-0.2, -0.15) is 0 Å². The lowest BCUT2D eigenvalue weighted by Gasteiger charge is -2.29. The molecule has 3 fully saturated rings. The van der Waals surface area contributed by atoms with Crippen molar-refractivity contribution in [3.8, 4) is 0 Å². The number of hydrogen-bond acceptors (Lipinski definition) is 4. The Morgan fingerprint density at radius 1 is 1.56 bits per heavy atom. The van der Waals surface area contributed by atoms with E-state index in [0.29, 0.717) is 0 Å². The van der Waals surface area contributed by atoms with Crippen LogP contribution in [0.5, 0.6) is 0 Å². The second-order valence-corrected chi connectivity index (χ2v) is 6.24. The predicted octanol–water partition coefficient (Wildman–Crippen LogP) is 1.73. The summed E-state index contributed by atoms with van der Waals surface area (Å²) in [6, 6.07) is 0. The highest BCUT2D eigenvalue weighted by atomic mass is 16.6. The SMILES string of the molecule is CCC(C)(C)OC(=O)C1C2[CH]C3OC(=O)C1C3C2. The van der Waals surface area contributed by atoms with E-state index in [1.54, 1.807) is 0 Å². The monoisotopic (exact) mass is 251 g/mol. The van der Waals surface area contributed by atoms with Gasteiger partial charge in [-0.3, -0.25) is 9.59 Å². The number of rotatable bonds is 3. The zero-order valence-corrected chi connectivity index (χ0v) is 11.0. The van der Waals surface area contributed by atoms with Gasteiger partial charge >= 0.3 is 11.9 Å². The first-order valence-corrected chi connectivity index (χ1v) is 6.71. The minimum Gasteiger partial charge on any atom is -0.461 e. The number of carbonyl (C=O) groups is 2. The largest absolute Gasteiger partial charge is 0.461 e. The van der Waals surface area contributed by atoms with E-state index in [4.69, 9.17) is 9.47 Å². The van der Waals surface area contributed by atoms with Crippen LogP contribution in [-0.4, -0.2) is 23.6 Å². The summed E-state index contributed by atoms with van der Waals surface area (Å²) >= 11 is 0. The van der Waals surface area contributed by atoms with E-state index in [2.05, 4.69) is 0 Å². The summed E-state index contributed by atoms with van der Waals surface area (Å²) in [5.74, 6) is -0.635. The van der Waals surface area contributed by atoms with Crippen molar-refractivity contribution in [3.05, 3.63) is 6.42 Å². The summed E-state index contributed by atoms with van der Waals surface area (Å²) in [6.07, 6.45) is 3.64. The van der Waals surface area contributed by atoms with Crippen LogP contribution in [0.15, 0.2) is 0 Å². The van der Waals surface area contributed by atoms with Crippen molar-refractivity contribution in [1.29, 1.82) is 0 Å². The normalized spacial score (nSPS) is 41.1. The zero-order valence-electron chi connectivity index (χ0n) is 11.0. The first-order chi connectivity index (χ1) is 8.43. The van der Waals surface area contributed by atoms with Crippen molar-refractivity contribution in [1.82, 2.24) is 0 Å². The molecule has 0 aromatic rings. The van der Waals surface area contributed by atoms with Crippen LogP contribution in [-0.2, 0) is 19.1 Å². The van der Waals surface area contributed by atoms with Crippen molar-refractivity contribution < 1.29 is 19.1 Å². The summed E-state index contributed by atoms with van der Waals surface area (Å²) in [4.78, 5) is 24.1. The van der Waals surface area contributed by atoms with Gasteiger partial charge in [0.2, 0.25) is 0 Å². The van der Waals surface area contributed by atoms with Crippen molar-refractivity contribution in [2.45, 2.75) is 45.3 Å². The fraction of sp³-hybridized carbons (Fsp3) is 0.786. The number of carbonyl (C=O) groups excluding carboxylic acids is 2. The van der Waals surface area contributed by atoms with Crippen LogP contribution >= 0.6 is 0 Å². The molecule has 4 nitrogen and oxygen atoms in total. The highest BCUT2D eigenvalue weighted by Crippen LogP contribution is 2.57. The average Bonchev–Trinajstić information content (AvgIpc) is 2.88. The Hall–Kier alpha value is -1.06. The maximum absolute atomic E-state index is 12.3. The van der Waals surface area contributed by atoms with Crippen molar-refractivity contribution >= 4 is 11.9 Å². The highest BCUT2D eigenvalue weighted by molar-refractivity contribution is 5.86. The lowest BCUT2D eigenvalue weighted by atomic mass is 9.80.